The van der Waals surface area contributed by atoms with Crippen molar-refractivity contribution in [2.75, 3.05) is 32.9 Å². The van der Waals surface area contributed by atoms with Gasteiger partial charge in [-0.3, -0.25) is 9.29 Å². The van der Waals surface area contributed by atoms with E-state index < -0.39 is 11.9 Å². The standard InChI is InChI=1S/C29H26F2N2O3/c1-18-25-13-22(34)5-9-27(25)36-29(28(18)24-8-2-19(15-32)12-26(24)31)21-3-6-23(7-4-21)35-11-10-33-16-20(14-30)17-33/h2-9,12-13,20,29,34H,10-11,14,16-17H2,1H3/t29-/m0/s1. The highest BCUT2D eigenvalue weighted by molar-refractivity contribution is 5.95. The Balaban J connectivity index is 1.42. The van der Waals surface area contributed by atoms with Crippen LogP contribution < -0.4 is 9.47 Å². The zero-order chi connectivity index (χ0) is 25.2. The Morgan fingerprint density at radius 2 is 1.86 bits per heavy atom. The van der Waals surface area contributed by atoms with Gasteiger partial charge in [-0.1, -0.05) is 18.2 Å². The van der Waals surface area contributed by atoms with Gasteiger partial charge in [0.15, 0.2) is 0 Å². The van der Waals surface area contributed by atoms with Crippen molar-refractivity contribution in [3.63, 3.8) is 0 Å². The number of likely N-dealkylation sites (tertiary alicyclic amines) is 1. The van der Waals surface area contributed by atoms with E-state index in [1.165, 1.54) is 6.07 Å². The monoisotopic (exact) mass is 488 g/mol. The number of nitriles is 1. The Morgan fingerprint density at radius 1 is 1.08 bits per heavy atom. The van der Waals surface area contributed by atoms with Gasteiger partial charge in [-0.15, -0.1) is 0 Å². The van der Waals surface area contributed by atoms with E-state index in [2.05, 4.69) is 4.90 Å². The molecule has 2 aliphatic heterocycles. The van der Waals surface area contributed by atoms with E-state index in [4.69, 9.17) is 14.7 Å². The number of aromatic hydroxyl groups is 1. The van der Waals surface area contributed by atoms with E-state index in [1.807, 2.05) is 37.3 Å². The Bertz CT molecular complexity index is 1340. The van der Waals surface area contributed by atoms with Gasteiger partial charge in [0.25, 0.3) is 0 Å². The first-order valence-electron chi connectivity index (χ1n) is 11.9. The van der Waals surface area contributed by atoms with Crippen molar-refractivity contribution in [2.45, 2.75) is 13.0 Å². The number of phenolic OH excluding ortho intramolecular Hbond substituents is 1. The number of allylic oxidation sites excluding steroid dienone is 1. The Labute approximate surface area is 208 Å². The zero-order valence-electron chi connectivity index (χ0n) is 19.9. The van der Waals surface area contributed by atoms with Crippen LogP contribution in [0.3, 0.4) is 0 Å². The molecule has 1 N–H and O–H groups in total. The number of fused-ring (bicyclic) bond motifs is 1. The molecule has 1 fully saturated rings. The van der Waals surface area contributed by atoms with E-state index in [0.29, 0.717) is 34.8 Å². The number of hydrogen-bond donors (Lipinski definition) is 1. The summed E-state index contributed by atoms with van der Waals surface area (Å²) in [6.45, 7) is 4.42. The highest BCUT2D eigenvalue weighted by Crippen LogP contribution is 2.48. The number of nitrogens with zero attached hydrogens (tertiary/aromatic N) is 2. The second kappa shape index (κ2) is 10.00. The van der Waals surface area contributed by atoms with Gasteiger partial charge < -0.3 is 14.6 Å². The minimum absolute atomic E-state index is 0.0924. The molecule has 184 valence electrons. The van der Waals surface area contributed by atoms with Crippen molar-refractivity contribution in [1.29, 1.82) is 5.26 Å². The van der Waals surface area contributed by atoms with Crippen LogP contribution in [0.4, 0.5) is 8.78 Å². The number of halogens is 2. The third-order valence-corrected chi connectivity index (χ3v) is 6.78. The molecule has 0 bridgehead atoms. The molecule has 0 aromatic heterocycles. The van der Waals surface area contributed by atoms with Crippen LogP contribution in [-0.4, -0.2) is 42.9 Å². The highest BCUT2D eigenvalue weighted by atomic mass is 19.1. The molecule has 0 aliphatic carbocycles. The summed E-state index contributed by atoms with van der Waals surface area (Å²) in [5.41, 5.74) is 3.48. The third-order valence-electron chi connectivity index (χ3n) is 6.78. The first kappa shape index (κ1) is 23.8. The van der Waals surface area contributed by atoms with Crippen LogP contribution >= 0.6 is 0 Å². The Morgan fingerprint density at radius 3 is 2.56 bits per heavy atom. The lowest BCUT2D eigenvalue weighted by Gasteiger charge is -2.37. The Hall–Kier alpha value is -3.89. The number of benzene rings is 3. The average molecular weight is 489 g/mol. The predicted octanol–water partition coefficient (Wildman–Crippen LogP) is 5.75. The van der Waals surface area contributed by atoms with Crippen molar-refractivity contribution in [2.24, 2.45) is 5.92 Å². The maximum Gasteiger partial charge on any atom is 0.150 e. The molecular formula is C29H26F2N2O3. The normalized spacial score (nSPS) is 17.7. The largest absolute Gasteiger partial charge is 0.508 e. The Kier molecular flexibility index (Phi) is 6.62. The summed E-state index contributed by atoms with van der Waals surface area (Å²) in [6, 6.07) is 18.7. The second-order valence-electron chi connectivity index (χ2n) is 9.22. The molecule has 7 heteroatoms. The number of ether oxygens (including phenoxy) is 2. The first-order chi connectivity index (χ1) is 17.5. The molecule has 5 nitrogen and oxygen atoms in total. The maximum absolute atomic E-state index is 15.2. The molecule has 5 rings (SSSR count). The van der Waals surface area contributed by atoms with Gasteiger partial charge >= 0.3 is 0 Å². The van der Waals surface area contributed by atoms with Crippen LogP contribution in [0.1, 0.15) is 35.3 Å². The van der Waals surface area contributed by atoms with Crippen molar-refractivity contribution in [3.8, 4) is 23.3 Å². The summed E-state index contributed by atoms with van der Waals surface area (Å²) >= 11 is 0. The summed E-state index contributed by atoms with van der Waals surface area (Å²) in [4.78, 5) is 2.16. The molecule has 2 aliphatic rings. The molecule has 2 heterocycles. The molecule has 1 atom stereocenters. The van der Waals surface area contributed by atoms with E-state index in [0.717, 1.165) is 30.8 Å². The summed E-state index contributed by atoms with van der Waals surface area (Å²) in [6.07, 6.45) is -0.600. The van der Waals surface area contributed by atoms with Crippen molar-refractivity contribution < 1.29 is 23.4 Å². The summed E-state index contributed by atoms with van der Waals surface area (Å²) < 4.78 is 39.9. The van der Waals surface area contributed by atoms with Crippen LogP contribution in [0.5, 0.6) is 17.2 Å². The van der Waals surface area contributed by atoms with E-state index in [9.17, 15) is 9.50 Å². The first-order valence-corrected chi connectivity index (χ1v) is 11.9. The molecule has 1 saturated heterocycles. The van der Waals surface area contributed by atoms with Gasteiger partial charge in [-0.2, -0.15) is 5.26 Å². The quantitative estimate of drug-likeness (QED) is 0.459. The minimum Gasteiger partial charge on any atom is -0.508 e. The molecule has 0 amide bonds. The van der Waals surface area contributed by atoms with Gasteiger partial charge in [-0.05, 0) is 60.5 Å². The van der Waals surface area contributed by atoms with Crippen molar-refractivity contribution >= 4 is 11.1 Å². The average Bonchev–Trinajstić information content (AvgIpc) is 2.86. The number of hydrogen-bond acceptors (Lipinski definition) is 5. The van der Waals surface area contributed by atoms with Gasteiger partial charge in [0.1, 0.15) is 35.8 Å². The number of alkyl halides is 1. The SMILES string of the molecule is CC1=C(c2ccc(C#N)cc2F)[C@H](c2ccc(OCCN3CC(CF)C3)cc2)Oc2ccc(O)cc21. The fourth-order valence-electron chi connectivity index (χ4n) is 4.81. The molecule has 0 radical (unpaired) electrons. The third kappa shape index (κ3) is 4.65. The molecule has 3 aromatic rings. The van der Waals surface area contributed by atoms with Crippen molar-refractivity contribution in [3.05, 3.63) is 88.7 Å². The molecular weight excluding hydrogens is 462 g/mol. The lowest BCUT2D eigenvalue weighted by Crippen LogP contribution is -2.49. The van der Waals surface area contributed by atoms with E-state index in [1.54, 1.807) is 30.3 Å². The van der Waals surface area contributed by atoms with Gasteiger partial charge in [0.05, 0.1) is 18.3 Å². The number of phenols is 1. The molecule has 0 unspecified atom stereocenters. The maximum atomic E-state index is 15.2. The predicted molar refractivity (Wildman–Crippen MR) is 133 cm³/mol. The molecule has 3 aromatic carbocycles. The van der Waals surface area contributed by atoms with Gasteiger partial charge in [0.2, 0.25) is 0 Å². The van der Waals surface area contributed by atoms with E-state index >= 15 is 4.39 Å². The lowest BCUT2D eigenvalue weighted by molar-refractivity contribution is 0.0668. The smallest absolute Gasteiger partial charge is 0.150 e. The summed E-state index contributed by atoms with van der Waals surface area (Å²) in [5, 5.41) is 19.2. The minimum atomic E-state index is -0.600. The summed E-state index contributed by atoms with van der Waals surface area (Å²) in [7, 11) is 0. The fourth-order valence-corrected chi connectivity index (χ4v) is 4.81. The van der Waals surface area contributed by atoms with Gasteiger partial charge in [-0.25, -0.2) is 4.39 Å². The topological polar surface area (TPSA) is 65.7 Å². The highest BCUT2D eigenvalue weighted by Gasteiger charge is 2.31. The second-order valence-corrected chi connectivity index (χ2v) is 9.22. The molecule has 36 heavy (non-hydrogen) atoms. The van der Waals surface area contributed by atoms with Gasteiger partial charge in [0, 0.05) is 42.3 Å². The lowest BCUT2D eigenvalue weighted by atomic mass is 9.85. The van der Waals surface area contributed by atoms with Crippen LogP contribution in [0.2, 0.25) is 0 Å². The molecule has 0 saturated carbocycles. The van der Waals surface area contributed by atoms with Crippen LogP contribution in [0, 0.1) is 23.1 Å². The summed E-state index contributed by atoms with van der Waals surface area (Å²) in [5.74, 6) is 1.03. The van der Waals surface area contributed by atoms with Crippen LogP contribution in [0.25, 0.3) is 11.1 Å². The van der Waals surface area contributed by atoms with Crippen molar-refractivity contribution in [1.82, 2.24) is 4.90 Å². The fraction of sp³-hybridized carbons (Fsp3) is 0.276. The molecule has 0 spiro atoms. The van der Waals surface area contributed by atoms with Crippen LogP contribution in [0.15, 0.2) is 60.7 Å². The number of rotatable bonds is 7. The van der Waals surface area contributed by atoms with E-state index in [-0.39, 0.29) is 23.9 Å². The zero-order valence-corrected chi connectivity index (χ0v) is 19.9. The van der Waals surface area contributed by atoms with Crippen LogP contribution in [-0.2, 0) is 0 Å².